The summed E-state index contributed by atoms with van der Waals surface area (Å²) in [5.74, 6) is 1.62. The quantitative estimate of drug-likeness (QED) is 0.855. The largest absolute Gasteiger partial charge is 0.429 e. The molecule has 1 fully saturated rings. The number of rotatable bonds is 3. The first-order chi connectivity index (χ1) is 8.22. The van der Waals surface area contributed by atoms with E-state index in [4.69, 9.17) is 4.74 Å². The van der Waals surface area contributed by atoms with Crippen LogP contribution < -0.4 is 4.74 Å². The number of benzene rings is 1. The van der Waals surface area contributed by atoms with E-state index in [1.807, 2.05) is 0 Å². The second-order valence-corrected chi connectivity index (χ2v) is 5.44. The van der Waals surface area contributed by atoms with E-state index in [1.54, 1.807) is 6.07 Å². The highest BCUT2D eigenvalue weighted by Gasteiger charge is 2.28. The number of hydrogen-bond acceptors (Lipinski definition) is 4. The summed E-state index contributed by atoms with van der Waals surface area (Å²) in [6, 6.07) is 4.28. The zero-order valence-electron chi connectivity index (χ0n) is 8.69. The van der Waals surface area contributed by atoms with Crippen LogP contribution in [0.1, 0.15) is 24.6 Å². The minimum atomic E-state index is -0.305. The van der Waals surface area contributed by atoms with Gasteiger partial charge in [0.15, 0.2) is 0 Å². The highest BCUT2D eigenvalue weighted by molar-refractivity contribution is 9.10. The van der Waals surface area contributed by atoms with Gasteiger partial charge in [-0.3, -0.25) is 0 Å². The molecule has 1 aliphatic rings. The first-order valence-electron chi connectivity index (χ1n) is 5.19. The monoisotopic (exact) mass is 314 g/mol. The SMILES string of the molecule is Fc1ccc(Oc2nc(C3CC3)ns2)c(Br)c1. The fourth-order valence-electron chi connectivity index (χ4n) is 1.42. The van der Waals surface area contributed by atoms with Gasteiger partial charge in [0, 0.05) is 17.5 Å². The Labute approximate surface area is 110 Å². The number of ether oxygens (including phenoxy) is 1. The summed E-state index contributed by atoms with van der Waals surface area (Å²) in [4.78, 5) is 4.30. The molecule has 0 aliphatic heterocycles. The molecular formula is C11H8BrFN2OS. The number of hydrogen-bond donors (Lipinski definition) is 0. The second-order valence-electron chi connectivity index (χ2n) is 3.87. The van der Waals surface area contributed by atoms with Gasteiger partial charge in [0.2, 0.25) is 0 Å². The predicted molar refractivity (Wildman–Crippen MR) is 66.1 cm³/mol. The van der Waals surface area contributed by atoms with Gasteiger partial charge in [0.1, 0.15) is 17.4 Å². The standard InChI is InChI=1S/C11H8BrFN2OS/c12-8-5-7(13)3-4-9(8)16-11-14-10(15-17-11)6-1-2-6/h3-6H,1-2H2. The van der Waals surface area contributed by atoms with Crippen LogP contribution in [0.15, 0.2) is 22.7 Å². The fourth-order valence-corrected chi connectivity index (χ4v) is 2.48. The zero-order valence-corrected chi connectivity index (χ0v) is 11.1. The Morgan fingerprint density at radius 2 is 2.24 bits per heavy atom. The Morgan fingerprint density at radius 1 is 1.41 bits per heavy atom. The van der Waals surface area contributed by atoms with Crippen LogP contribution in [0.3, 0.4) is 0 Å². The number of halogens is 2. The molecule has 88 valence electrons. The minimum absolute atomic E-state index is 0.305. The summed E-state index contributed by atoms with van der Waals surface area (Å²) in [6.45, 7) is 0. The van der Waals surface area contributed by atoms with E-state index in [0.717, 1.165) is 18.7 Å². The molecule has 6 heteroatoms. The van der Waals surface area contributed by atoms with Crippen molar-refractivity contribution < 1.29 is 9.13 Å². The molecule has 2 aromatic rings. The summed E-state index contributed by atoms with van der Waals surface area (Å²) >= 11 is 4.47. The number of aromatic nitrogens is 2. The molecule has 0 bridgehead atoms. The zero-order chi connectivity index (χ0) is 11.8. The van der Waals surface area contributed by atoms with Crippen LogP contribution >= 0.6 is 27.5 Å². The van der Waals surface area contributed by atoms with Gasteiger partial charge in [-0.05, 0) is 47.0 Å². The summed E-state index contributed by atoms with van der Waals surface area (Å²) in [5.41, 5.74) is 0. The van der Waals surface area contributed by atoms with Crippen LogP contribution in [0.25, 0.3) is 0 Å². The molecule has 17 heavy (non-hydrogen) atoms. The molecule has 1 heterocycles. The molecule has 1 aromatic heterocycles. The Hall–Kier alpha value is -1.01. The molecule has 1 saturated carbocycles. The third kappa shape index (κ3) is 2.47. The average molecular weight is 315 g/mol. The van der Waals surface area contributed by atoms with E-state index in [-0.39, 0.29) is 5.82 Å². The summed E-state index contributed by atoms with van der Waals surface area (Å²) in [7, 11) is 0. The summed E-state index contributed by atoms with van der Waals surface area (Å²) < 4.78 is 23.3. The number of nitrogens with zero attached hydrogens (tertiary/aromatic N) is 2. The summed E-state index contributed by atoms with van der Waals surface area (Å²) in [5, 5.41) is 0.499. The Morgan fingerprint density at radius 3 is 2.94 bits per heavy atom. The molecule has 0 amide bonds. The lowest BCUT2D eigenvalue weighted by molar-refractivity contribution is 0.472. The Bertz CT molecular complexity index is 556. The van der Waals surface area contributed by atoms with Crippen LogP contribution in [-0.4, -0.2) is 9.36 Å². The molecule has 1 aliphatic carbocycles. The highest BCUT2D eigenvalue weighted by atomic mass is 79.9. The van der Waals surface area contributed by atoms with Gasteiger partial charge in [-0.1, -0.05) is 0 Å². The van der Waals surface area contributed by atoms with Crippen LogP contribution in [0.2, 0.25) is 0 Å². The van der Waals surface area contributed by atoms with Crippen LogP contribution in [0, 0.1) is 5.82 Å². The van der Waals surface area contributed by atoms with Gasteiger partial charge in [-0.25, -0.2) is 4.39 Å². The van der Waals surface area contributed by atoms with Crippen molar-refractivity contribution in [2.45, 2.75) is 18.8 Å². The Balaban J connectivity index is 1.80. The second kappa shape index (κ2) is 4.34. The third-order valence-corrected chi connectivity index (χ3v) is 3.69. The fraction of sp³-hybridized carbons (Fsp3) is 0.273. The van der Waals surface area contributed by atoms with Crippen molar-refractivity contribution in [2.24, 2.45) is 0 Å². The Kier molecular flexibility index (Phi) is 2.84. The smallest absolute Gasteiger partial charge is 0.298 e. The van der Waals surface area contributed by atoms with Crippen molar-refractivity contribution in [3.63, 3.8) is 0 Å². The van der Waals surface area contributed by atoms with Gasteiger partial charge in [-0.2, -0.15) is 9.36 Å². The van der Waals surface area contributed by atoms with Crippen molar-refractivity contribution in [1.82, 2.24) is 9.36 Å². The summed E-state index contributed by atoms with van der Waals surface area (Å²) in [6.07, 6.45) is 2.33. The first-order valence-corrected chi connectivity index (χ1v) is 6.75. The van der Waals surface area contributed by atoms with Crippen molar-refractivity contribution in [3.8, 4) is 10.9 Å². The lowest BCUT2D eigenvalue weighted by Gasteiger charge is -2.03. The van der Waals surface area contributed by atoms with Crippen LogP contribution in [-0.2, 0) is 0 Å². The van der Waals surface area contributed by atoms with Crippen LogP contribution in [0.5, 0.6) is 10.9 Å². The topological polar surface area (TPSA) is 35.0 Å². The van der Waals surface area contributed by atoms with Crippen molar-refractivity contribution >= 4 is 27.5 Å². The lowest BCUT2D eigenvalue weighted by atomic mass is 10.3. The molecular weight excluding hydrogens is 307 g/mol. The van der Waals surface area contributed by atoms with Crippen molar-refractivity contribution in [1.29, 1.82) is 0 Å². The van der Waals surface area contributed by atoms with E-state index >= 15 is 0 Å². The maximum atomic E-state index is 12.9. The van der Waals surface area contributed by atoms with Crippen LogP contribution in [0.4, 0.5) is 4.39 Å². The molecule has 0 atom stereocenters. The normalized spacial score (nSPS) is 14.9. The minimum Gasteiger partial charge on any atom is -0.429 e. The first kappa shape index (κ1) is 11.1. The molecule has 3 nitrogen and oxygen atoms in total. The van der Waals surface area contributed by atoms with Gasteiger partial charge < -0.3 is 4.74 Å². The highest BCUT2D eigenvalue weighted by Crippen LogP contribution is 2.40. The molecule has 3 rings (SSSR count). The molecule has 1 aromatic carbocycles. The van der Waals surface area contributed by atoms with Gasteiger partial charge >= 0.3 is 0 Å². The molecule has 0 radical (unpaired) electrons. The molecule has 0 saturated heterocycles. The molecule has 0 N–H and O–H groups in total. The van der Waals surface area contributed by atoms with Crippen molar-refractivity contribution in [2.75, 3.05) is 0 Å². The van der Waals surface area contributed by atoms with E-state index < -0.39 is 0 Å². The van der Waals surface area contributed by atoms with E-state index in [9.17, 15) is 4.39 Å². The third-order valence-electron chi connectivity index (χ3n) is 2.46. The lowest BCUT2D eigenvalue weighted by Crippen LogP contribution is -1.87. The molecule has 0 unspecified atom stereocenters. The maximum absolute atomic E-state index is 12.9. The average Bonchev–Trinajstić information content (AvgIpc) is 3.04. The van der Waals surface area contributed by atoms with Gasteiger partial charge in [0.25, 0.3) is 5.19 Å². The van der Waals surface area contributed by atoms with E-state index in [1.165, 1.54) is 23.7 Å². The molecule has 0 spiro atoms. The van der Waals surface area contributed by atoms with E-state index in [2.05, 4.69) is 25.3 Å². The van der Waals surface area contributed by atoms with Gasteiger partial charge in [0.05, 0.1) is 4.47 Å². The van der Waals surface area contributed by atoms with Crippen molar-refractivity contribution in [3.05, 3.63) is 34.3 Å². The van der Waals surface area contributed by atoms with Gasteiger partial charge in [-0.15, -0.1) is 0 Å². The predicted octanol–water partition coefficient (Wildman–Crippen LogP) is 4.11. The maximum Gasteiger partial charge on any atom is 0.298 e. The van der Waals surface area contributed by atoms with E-state index in [0.29, 0.717) is 21.3 Å².